The first-order valence-electron chi connectivity index (χ1n) is 6.56. The van der Waals surface area contributed by atoms with Gasteiger partial charge in [0.05, 0.1) is 0 Å². The third kappa shape index (κ3) is 2.96. The van der Waals surface area contributed by atoms with Gasteiger partial charge < -0.3 is 10.5 Å². The fourth-order valence-electron chi connectivity index (χ4n) is 2.18. The molecule has 0 aliphatic heterocycles. The average Bonchev–Trinajstić information content (AvgIpc) is 2.37. The summed E-state index contributed by atoms with van der Waals surface area (Å²) in [6, 6.07) is 10.3. The number of hydrogen-bond acceptors (Lipinski definition) is 2. The smallest absolute Gasteiger partial charge is 0.130 e. The van der Waals surface area contributed by atoms with E-state index < -0.39 is 0 Å². The molecule has 0 fully saturated rings. The second-order valence-corrected chi connectivity index (χ2v) is 5.11. The molecule has 0 aromatic heterocycles. The summed E-state index contributed by atoms with van der Waals surface area (Å²) < 4.78 is 6.06. The Morgan fingerprint density at radius 3 is 2.26 bits per heavy atom. The van der Waals surface area contributed by atoms with Crippen LogP contribution >= 0.6 is 0 Å². The molecule has 0 bridgehead atoms. The SMILES string of the molecule is Cc1cc(C)c(C)c(Oc2ccc(CN)cc2C)c1. The van der Waals surface area contributed by atoms with Gasteiger partial charge in [-0.25, -0.2) is 0 Å². The van der Waals surface area contributed by atoms with Gasteiger partial charge in [0.1, 0.15) is 11.5 Å². The van der Waals surface area contributed by atoms with Gasteiger partial charge in [-0.05, 0) is 67.6 Å². The van der Waals surface area contributed by atoms with Crippen LogP contribution in [0.15, 0.2) is 30.3 Å². The molecule has 0 aliphatic carbocycles. The molecular formula is C17H21NO. The molecule has 0 saturated heterocycles. The highest BCUT2D eigenvalue weighted by Crippen LogP contribution is 2.30. The molecule has 0 saturated carbocycles. The molecule has 2 N–H and O–H groups in total. The van der Waals surface area contributed by atoms with E-state index in [0.29, 0.717) is 6.54 Å². The minimum Gasteiger partial charge on any atom is -0.457 e. The molecule has 0 heterocycles. The van der Waals surface area contributed by atoms with Crippen LogP contribution in [-0.2, 0) is 6.54 Å². The number of aryl methyl sites for hydroxylation is 3. The number of hydrogen-bond donors (Lipinski definition) is 1. The molecule has 2 rings (SSSR count). The van der Waals surface area contributed by atoms with Gasteiger partial charge in [-0.15, -0.1) is 0 Å². The van der Waals surface area contributed by atoms with E-state index in [-0.39, 0.29) is 0 Å². The minimum atomic E-state index is 0.559. The lowest BCUT2D eigenvalue weighted by Gasteiger charge is -2.14. The molecule has 2 heteroatoms. The fraction of sp³-hybridized carbons (Fsp3) is 0.294. The van der Waals surface area contributed by atoms with Gasteiger partial charge in [0, 0.05) is 6.54 Å². The lowest BCUT2D eigenvalue weighted by Crippen LogP contribution is -1.98. The Morgan fingerprint density at radius 1 is 0.895 bits per heavy atom. The van der Waals surface area contributed by atoms with Crippen LogP contribution in [0.1, 0.15) is 27.8 Å². The molecule has 0 aliphatic rings. The van der Waals surface area contributed by atoms with Crippen molar-refractivity contribution >= 4 is 0 Å². The van der Waals surface area contributed by atoms with Gasteiger partial charge in [0.25, 0.3) is 0 Å². The van der Waals surface area contributed by atoms with Crippen molar-refractivity contribution in [3.8, 4) is 11.5 Å². The number of ether oxygens (including phenoxy) is 1. The molecule has 2 aromatic carbocycles. The zero-order valence-electron chi connectivity index (χ0n) is 12.1. The zero-order valence-corrected chi connectivity index (χ0v) is 12.1. The maximum Gasteiger partial charge on any atom is 0.130 e. The lowest BCUT2D eigenvalue weighted by atomic mass is 10.1. The van der Waals surface area contributed by atoms with E-state index in [0.717, 1.165) is 22.6 Å². The predicted octanol–water partition coefficient (Wildman–Crippen LogP) is 4.17. The minimum absolute atomic E-state index is 0.559. The molecule has 0 atom stereocenters. The highest BCUT2D eigenvalue weighted by molar-refractivity contribution is 5.46. The van der Waals surface area contributed by atoms with Gasteiger partial charge in [-0.2, -0.15) is 0 Å². The predicted molar refractivity (Wildman–Crippen MR) is 79.8 cm³/mol. The normalized spacial score (nSPS) is 10.6. The van der Waals surface area contributed by atoms with Crippen LogP contribution < -0.4 is 10.5 Å². The Kier molecular flexibility index (Phi) is 3.91. The summed E-state index contributed by atoms with van der Waals surface area (Å²) in [5.41, 5.74) is 11.5. The summed E-state index contributed by atoms with van der Waals surface area (Å²) in [7, 11) is 0. The van der Waals surface area contributed by atoms with Crippen LogP contribution in [0, 0.1) is 27.7 Å². The van der Waals surface area contributed by atoms with E-state index in [1.165, 1.54) is 16.7 Å². The van der Waals surface area contributed by atoms with E-state index in [1.54, 1.807) is 0 Å². The van der Waals surface area contributed by atoms with Crippen molar-refractivity contribution in [1.29, 1.82) is 0 Å². The van der Waals surface area contributed by atoms with Crippen LogP contribution in [0.4, 0.5) is 0 Å². The standard InChI is InChI=1S/C17H21NO/c1-11-7-12(2)14(4)17(8-11)19-16-6-5-15(10-18)9-13(16)3/h5-9H,10,18H2,1-4H3. The van der Waals surface area contributed by atoms with Gasteiger partial charge in [-0.3, -0.25) is 0 Å². The molecule has 0 unspecified atom stereocenters. The molecule has 19 heavy (non-hydrogen) atoms. The first-order valence-corrected chi connectivity index (χ1v) is 6.56. The second kappa shape index (κ2) is 5.45. The summed E-state index contributed by atoms with van der Waals surface area (Å²) in [6.45, 7) is 8.90. The lowest BCUT2D eigenvalue weighted by molar-refractivity contribution is 0.474. The van der Waals surface area contributed by atoms with Crippen molar-refractivity contribution in [1.82, 2.24) is 0 Å². The second-order valence-electron chi connectivity index (χ2n) is 5.11. The highest BCUT2D eigenvalue weighted by Gasteiger charge is 2.07. The van der Waals surface area contributed by atoms with Crippen molar-refractivity contribution in [3.63, 3.8) is 0 Å². The molecule has 0 radical (unpaired) electrons. The highest BCUT2D eigenvalue weighted by atomic mass is 16.5. The third-order valence-corrected chi connectivity index (χ3v) is 3.46. The summed E-state index contributed by atoms with van der Waals surface area (Å²) in [6.07, 6.45) is 0. The van der Waals surface area contributed by atoms with Crippen molar-refractivity contribution in [3.05, 3.63) is 58.1 Å². The third-order valence-electron chi connectivity index (χ3n) is 3.46. The average molecular weight is 255 g/mol. The van der Waals surface area contributed by atoms with Gasteiger partial charge in [0.15, 0.2) is 0 Å². The summed E-state index contributed by atoms with van der Waals surface area (Å²) in [5, 5.41) is 0. The molecular weight excluding hydrogens is 234 g/mol. The summed E-state index contributed by atoms with van der Waals surface area (Å²) >= 11 is 0. The molecule has 2 nitrogen and oxygen atoms in total. The van der Waals surface area contributed by atoms with Crippen LogP contribution in [0.5, 0.6) is 11.5 Å². The molecule has 0 amide bonds. The Hall–Kier alpha value is -1.80. The number of nitrogens with two attached hydrogens (primary N) is 1. The summed E-state index contributed by atoms with van der Waals surface area (Å²) in [5.74, 6) is 1.83. The Morgan fingerprint density at radius 2 is 1.63 bits per heavy atom. The van der Waals surface area contributed by atoms with Crippen molar-refractivity contribution in [2.24, 2.45) is 5.73 Å². The van der Waals surface area contributed by atoms with Crippen LogP contribution in [-0.4, -0.2) is 0 Å². The molecule has 2 aromatic rings. The van der Waals surface area contributed by atoms with E-state index in [2.05, 4.69) is 39.0 Å². The Labute approximate surface area is 115 Å². The quantitative estimate of drug-likeness (QED) is 0.893. The number of rotatable bonds is 3. The fourth-order valence-corrected chi connectivity index (χ4v) is 2.18. The first-order chi connectivity index (χ1) is 9.01. The van der Waals surface area contributed by atoms with Crippen LogP contribution in [0.25, 0.3) is 0 Å². The maximum absolute atomic E-state index is 6.06. The van der Waals surface area contributed by atoms with Gasteiger partial charge in [-0.1, -0.05) is 18.2 Å². The van der Waals surface area contributed by atoms with Crippen LogP contribution in [0.2, 0.25) is 0 Å². The van der Waals surface area contributed by atoms with Crippen molar-refractivity contribution in [2.75, 3.05) is 0 Å². The summed E-state index contributed by atoms with van der Waals surface area (Å²) in [4.78, 5) is 0. The monoisotopic (exact) mass is 255 g/mol. The maximum atomic E-state index is 6.06. The van der Waals surface area contributed by atoms with Crippen LogP contribution in [0.3, 0.4) is 0 Å². The zero-order chi connectivity index (χ0) is 14.0. The first kappa shape index (κ1) is 13.6. The van der Waals surface area contributed by atoms with Gasteiger partial charge in [0.2, 0.25) is 0 Å². The number of benzene rings is 2. The van der Waals surface area contributed by atoms with Crippen molar-refractivity contribution < 1.29 is 4.74 Å². The Balaban J connectivity index is 2.36. The molecule has 0 spiro atoms. The van der Waals surface area contributed by atoms with E-state index >= 15 is 0 Å². The van der Waals surface area contributed by atoms with E-state index in [9.17, 15) is 0 Å². The largest absolute Gasteiger partial charge is 0.457 e. The molecule has 100 valence electrons. The Bertz CT molecular complexity index is 602. The van der Waals surface area contributed by atoms with E-state index in [4.69, 9.17) is 10.5 Å². The van der Waals surface area contributed by atoms with Crippen molar-refractivity contribution in [2.45, 2.75) is 34.2 Å². The van der Waals surface area contributed by atoms with E-state index in [1.807, 2.05) is 19.1 Å². The topological polar surface area (TPSA) is 35.2 Å². The van der Waals surface area contributed by atoms with Gasteiger partial charge >= 0.3 is 0 Å².